The van der Waals surface area contributed by atoms with Crippen molar-refractivity contribution in [2.45, 2.75) is 27.7 Å². The Morgan fingerprint density at radius 3 is 0.944 bits per heavy atom. The molecule has 0 aliphatic carbocycles. The van der Waals surface area contributed by atoms with Crippen LogP contribution in [0.4, 0.5) is 0 Å². The maximum atomic E-state index is 4.76. The van der Waals surface area contributed by atoms with E-state index in [1.807, 2.05) is 37.5 Å². The zero-order valence-electron chi connectivity index (χ0n) is 11.2. The van der Waals surface area contributed by atoms with Gasteiger partial charge in [-0.2, -0.15) is 0 Å². The molecular weight excluding hydrogens is 431 g/mol. The topological polar surface area (TPSA) is 6.48 Å². The van der Waals surface area contributed by atoms with Crippen LogP contribution in [0.1, 0.15) is 27.7 Å². The van der Waals surface area contributed by atoms with E-state index < -0.39 is 0 Å². The van der Waals surface area contributed by atoms with E-state index in [2.05, 4.69) is 0 Å². The fourth-order valence-electron chi connectivity index (χ4n) is 0.964. The van der Waals surface area contributed by atoms with Crippen LogP contribution in [0.25, 0.3) is 0 Å². The Kier molecular flexibility index (Phi) is 28.1. The third kappa shape index (κ3) is 15.4. The maximum Gasteiger partial charge on any atom is 2.00 e. The number of thiocarbonyl (C=S) groups is 2. The standard InChI is InChI=1S/2C5H11NS2.ClH.Sn/c2*1-3-6(4-2)5(7)8;;/h2*3-4H2,1-2H3,(H,7,8);1H;/q;;;+2/p-3. The van der Waals surface area contributed by atoms with E-state index in [0.29, 0.717) is 8.64 Å². The van der Waals surface area contributed by atoms with Gasteiger partial charge in [0.05, 0.1) is 0 Å². The minimum absolute atomic E-state index is 0. The van der Waals surface area contributed by atoms with E-state index in [1.165, 1.54) is 0 Å². The summed E-state index contributed by atoms with van der Waals surface area (Å²) in [5.74, 6) is 0. The third-order valence-corrected chi connectivity index (χ3v) is 3.08. The van der Waals surface area contributed by atoms with E-state index in [-0.39, 0.29) is 36.3 Å². The summed E-state index contributed by atoms with van der Waals surface area (Å²) in [5, 5.41) is 0. The van der Waals surface area contributed by atoms with Crippen molar-refractivity contribution in [1.29, 1.82) is 0 Å². The molecule has 0 unspecified atom stereocenters. The summed E-state index contributed by atoms with van der Waals surface area (Å²) in [5.41, 5.74) is 0. The fraction of sp³-hybridized carbons (Fsp3) is 0.800. The first kappa shape index (κ1) is 27.6. The molecule has 0 fully saturated rings. The van der Waals surface area contributed by atoms with E-state index >= 15 is 0 Å². The van der Waals surface area contributed by atoms with Gasteiger partial charge in [0, 0.05) is 26.2 Å². The van der Waals surface area contributed by atoms with Crippen molar-refractivity contribution < 1.29 is 12.4 Å². The van der Waals surface area contributed by atoms with E-state index in [4.69, 9.17) is 49.7 Å². The maximum absolute atomic E-state index is 4.76. The minimum Gasteiger partial charge on any atom is -1.00 e. The van der Waals surface area contributed by atoms with E-state index in [1.54, 1.807) is 0 Å². The Labute approximate surface area is 157 Å². The second kappa shape index (κ2) is 18.3. The van der Waals surface area contributed by atoms with Gasteiger partial charge in [-0.3, -0.25) is 0 Å². The summed E-state index contributed by atoms with van der Waals surface area (Å²) in [6.45, 7) is 11.9. The first-order valence-corrected chi connectivity index (χ1v) is 6.99. The molecule has 0 rings (SSSR count). The fourth-order valence-corrected chi connectivity index (χ4v) is 2.00. The molecule has 0 saturated heterocycles. The van der Waals surface area contributed by atoms with Gasteiger partial charge in [-0.05, 0) is 27.7 Å². The third-order valence-electron chi connectivity index (χ3n) is 2.04. The zero-order chi connectivity index (χ0) is 13.1. The SMILES string of the molecule is CCN(CC)C(=S)[S-].CCN(CC)C(=S)[S-].[Cl-].[Sn+2]. The minimum atomic E-state index is 0. The average molecular weight is 451 g/mol. The number of halogens is 1. The molecule has 18 heavy (non-hydrogen) atoms. The van der Waals surface area contributed by atoms with Crippen LogP contribution in [0.15, 0.2) is 0 Å². The molecule has 0 aliphatic heterocycles. The summed E-state index contributed by atoms with van der Waals surface area (Å²) < 4.78 is 1.16. The molecule has 8 heteroatoms. The van der Waals surface area contributed by atoms with Crippen molar-refractivity contribution in [3.63, 3.8) is 0 Å². The molecule has 2 nitrogen and oxygen atoms in total. The van der Waals surface area contributed by atoms with E-state index in [9.17, 15) is 0 Å². The molecule has 0 amide bonds. The molecule has 106 valence electrons. The Morgan fingerprint density at radius 1 is 0.778 bits per heavy atom. The van der Waals surface area contributed by atoms with Crippen LogP contribution < -0.4 is 12.4 Å². The summed E-state index contributed by atoms with van der Waals surface area (Å²) in [6, 6.07) is 0. The summed E-state index contributed by atoms with van der Waals surface area (Å²) in [4.78, 5) is 3.93. The molecule has 0 aliphatic rings. The van der Waals surface area contributed by atoms with Gasteiger partial charge in [-0.25, -0.2) is 0 Å². The largest absolute Gasteiger partial charge is 2.00 e. The van der Waals surface area contributed by atoms with Crippen LogP contribution in [0, 0.1) is 0 Å². The van der Waals surface area contributed by atoms with Crippen LogP contribution in [-0.2, 0) is 25.3 Å². The molecule has 0 atom stereocenters. The monoisotopic (exact) mass is 451 g/mol. The van der Waals surface area contributed by atoms with Crippen molar-refractivity contribution >= 4 is 82.2 Å². The van der Waals surface area contributed by atoms with Gasteiger partial charge in [0.1, 0.15) is 0 Å². The van der Waals surface area contributed by atoms with Gasteiger partial charge in [0.2, 0.25) is 0 Å². The van der Waals surface area contributed by atoms with Crippen molar-refractivity contribution in [2.24, 2.45) is 0 Å². The van der Waals surface area contributed by atoms with Crippen LogP contribution in [0.5, 0.6) is 0 Å². The molecule has 0 N–H and O–H groups in total. The predicted molar refractivity (Wildman–Crippen MR) is 91.5 cm³/mol. The summed E-state index contributed by atoms with van der Waals surface area (Å²) in [6.07, 6.45) is 0. The van der Waals surface area contributed by atoms with Crippen LogP contribution in [0.2, 0.25) is 0 Å². The number of hydrogen-bond acceptors (Lipinski definition) is 4. The van der Waals surface area contributed by atoms with Crippen molar-refractivity contribution in [3.05, 3.63) is 0 Å². The summed E-state index contributed by atoms with van der Waals surface area (Å²) in [7, 11) is 0. The second-order valence-electron chi connectivity index (χ2n) is 2.88. The Balaban J connectivity index is -0.0000000980. The van der Waals surface area contributed by atoms with Gasteiger partial charge >= 0.3 is 23.9 Å². The molecule has 0 saturated carbocycles. The van der Waals surface area contributed by atoms with Crippen LogP contribution in [-0.4, -0.2) is 68.5 Å². The Bertz CT molecular complexity index is 190. The second-order valence-corrected chi connectivity index (χ2v) is 4.94. The molecule has 0 heterocycles. The van der Waals surface area contributed by atoms with Crippen LogP contribution in [0.3, 0.4) is 0 Å². The number of nitrogens with zero attached hydrogens (tertiary/aromatic N) is 2. The van der Waals surface area contributed by atoms with Crippen LogP contribution >= 0.6 is 24.4 Å². The van der Waals surface area contributed by atoms with E-state index in [0.717, 1.165) is 26.2 Å². The molecule has 0 aromatic rings. The van der Waals surface area contributed by atoms with Gasteiger partial charge in [0.25, 0.3) is 0 Å². The Hall–Kier alpha value is 1.31. The molecule has 0 aromatic carbocycles. The van der Waals surface area contributed by atoms with Gasteiger partial charge in [-0.1, -0.05) is 8.64 Å². The average Bonchev–Trinajstić information content (AvgIpc) is 2.21. The van der Waals surface area contributed by atoms with Gasteiger partial charge in [-0.15, -0.1) is 0 Å². The molecular formula is C10H20ClN2S4Sn-. The first-order valence-electron chi connectivity index (χ1n) is 5.36. The number of hydrogen-bond donors (Lipinski definition) is 0. The normalized spacial score (nSPS) is 7.78. The number of rotatable bonds is 4. The zero-order valence-corrected chi connectivity index (χ0v) is 18.1. The van der Waals surface area contributed by atoms with Crippen molar-refractivity contribution in [3.8, 4) is 0 Å². The van der Waals surface area contributed by atoms with Gasteiger partial charge < -0.3 is 71.9 Å². The van der Waals surface area contributed by atoms with Crippen molar-refractivity contribution in [2.75, 3.05) is 26.2 Å². The van der Waals surface area contributed by atoms with Crippen molar-refractivity contribution in [1.82, 2.24) is 9.80 Å². The first-order chi connectivity index (χ1) is 7.44. The smallest absolute Gasteiger partial charge is 1.00 e. The summed E-state index contributed by atoms with van der Waals surface area (Å²) >= 11 is 19.0. The molecule has 0 aromatic heterocycles. The molecule has 0 bridgehead atoms. The van der Waals surface area contributed by atoms with Gasteiger partial charge in [0.15, 0.2) is 0 Å². The quantitative estimate of drug-likeness (QED) is 0.304. The predicted octanol–water partition coefficient (Wildman–Crippen LogP) is -1.06. The Morgan fingerprint density at radius 2 is 0.944 bits per heavy atom. The molecule has 0 spiro atoms. The molecule has 2 radical (unpaired) electrons.